The lowest BCUT2D eigenvalue weighted by molar-refractivity contribution is 0.0595. The summed E-state index contributed by atoms with van der Waals surface area (Å²) in [5.74, 6) is 0.211. The van der Waals surface area contributed by atoms with E-state index in [-0.39, 0.29) is 17.7 Å². The second-order valence-corrected chi connectivity index (χ2v) is 7.10. The van der Waals surface area contributed by atoms with Crippen LogP contribution in [0.2, 0.25) is 5.02 Å². The molecule has 1 N–H and O–H groups in total. The van der Waals surface area contributed by atoms with Crippen molar-refractivity contribution in [3.63, 3.8) is 0 Å². The van der Waals surface area contributed by atoms with E-state index in [9.17, 15) is 9.90 Å². The number of aromatic nitrogens is 2. The molecule has 134 valence electrons. The summed E-state index contributed by atoms with van der Waals surface area (Å²) in [7, 11) is 1.80. The first-order valence-corrected chi connectivity index (χ1v) is 9.13. The number of aryl methyl sites for hydroxylation is 2. The molecule has 0 radical (unpaired) electrons. The molecule has 1 fully saturated rings. The normalized spacial score (nSPS) is 17.7. The molecule has 5 nitrogen and oxygen atoms in total. The number of likely N-dealkylation sites (tertiary alicyclic amines) is 1. The molecule has 1 saturated heterocycles. The van der Waals surface area contributed by atoms with E-state index in [1.54, 1.807) is 23.9 Å². The van der Waals surface area contributed by atoms with Crippen molar-refractivity contribution in [1.29, 1.82) is 0 Å². The van der Waals surface area contributed by atoms with E-state index < -0.39 is 0 Å². The van der Waals surface area contributed by atoms with Crippen molar-refractivity contribution in [3.05, 3.63) is 46.2 Å². The minimum Gasteiger partial charge on any atom is -0.508 e. The van der Waals surface area contributed by atoms with Crippen LogP contribution in [0.1, 0.15) is 47.4 Å². The molecule has 6 heteroatoms. The van der Waals surface area contributed by atoms with Crippen LogP contribution in [0, 0.1) is 6.92 Å². The van der Waals surface area contributed by atoms with Crippen molar-refractivity contribution in [2.24, 2.45) is 7.05 Å². The molecule has 2 heterocycles. The van der Waals surface area contributed by atoms with Gasteiger partial charge >= 0.3 is 0 Å². The SMILES string of the molecule is Cc1c(Cl)c(C(=O)N2CCCC[C@@H]2CCc2ccc(O)cc2)nn1C. The van der Waals surface area contributed by atoms with Gasteiger partial charge in [-0.3, -0.25) is 9.48 Å². The largest absolute Gasteiger partial charge is 0.508 e. The van der Waals surface area contributed by atoms with Crippen molar-refractivity contribution in [1.82, 2.24) is 14.7 Å². The average molecular weight is 362 g/mol. The van der Waals surface area contributed by atoms with Gasteiger partial charge in [-0.15, -0.1) is 0 Å². The molecule has 1 atom stereocenters. The molecule has 0 saturated carbocycles. The number of hydrogen-bond acceptors (Lipinski definition) is 3. The Labute approximate surface area is 153 Å². The Balaban J connectivity index is 1.72. The summed E-state index contributed by atoms with van der Waals surface area (Å²) in [5.41, 5.74) is 2.34. The van der Waals surface area contributed by atoms with Crippen molar-refractivity contribution in [3.8, 4) is 5.75 Å². The third-order valence-corrected chi connectivity index (χ3v) is 5.51. The van der Waals surface area contributed by atoms with Gasteiger partial charge in [0.05, 0.1) is 10.7 Å². The van der Waals surface area contributed by atoms with Crippen molar-refractivity contribution < 1.29 is 9.90 Å². The maximum atomic E-state index is 13.0. The molecule has 0 spiro atoms. The van der Waals surface area contributed by atoms with Crippen LogP contribution < -0.4 is 0 Å². The Morgan fingerprint density at radius 1 is 1.32 bits per heavy atom. The third-order valence-electron chi connectivity index (χ3n) is 5.05. The second kappa shape index (κ2) is 7.48. The minimum atomic E-state index is -0.0656. The summed E-state index contributed by atoms with van der Waals surface area (Å²) in [6.45, 7) is 2.62. The number of amides is 1. The highest BCUT2D eigenvalue weighted by molar-refractivity contribution is 6.34. The summed E-state index contributed by atoms with van der Waals surface area (Å²) in [6.07, 6.45) is 4.95. The molecule has 2 aromatic rings. The van der Waals surface area contributed by atoms with E-state index in [1.165, 1.54) is 5.56 Å². The first kappa shape index (κ1) is 17.8. The van der Waals surface area contributed by atoms with Crippen molar-refractivity contribution in [2.45, 2.75) is 45.1 Å². The van der Waals surface area contributed by atoms with Crippen LogP contribution in [-0.2, 0) is 13.5 Å². The molecule has 1 aliphatic heterocycles. The Kier molecular flexibility index (Phi) is 5.33. The fraction of sp³-hybridized carbons (Fsp3) is 0.474. The lowest BCUT2D eigenvalue weighted by Crippen LogP contribution is -2.44. The topological polar surface area (TPSA) is 58.4 Å². The molecular weight excluding hydrogens is 338 g/mol. The highest BCUT2D eigenvalue weighted by Crippen LogP contribution is 2.27. The van der Waals surface area contributed by atoms with Crippen LogP contribution in [0.4, 0.5) is 0 Å². The molecular formula is C19H24ClN3O2. The zero-order chi connectivity index (χ0) is 18.0. The van der Waals surface area contributed by atoms with Crippen molar-refractivity contribution >= 4 is 17.5 Å². The molecule has 1 amide bonds. The van der Waals surface area contributed by atoms with Gasteiger partial charge in [0.25, 0.3) is 5.91 Å². The summed E-state index contributed by atoms with van der Waals surface area (Å²) in [4.78, 5) is 14.9. The van der Waals surface area contributed by atoms with Gasteiger partial charge in [-0.2, -0.15) is 5.10 Å². The first-order valence-electron chi connectivity index (χ1n) is 8.75. The lowest BCUT2D eigenvalue weighted by atomic mass is 9.95. The number of nitrogens with zero attached hydrogens (tertiary/aromatic N) is 3. The van der Waals surface area contributed by atoms with Crippen molar-refractivity contribution in [2.75, 3.05) is 6.54 Å². The Morgan fingerprint density at radius 2 is 2.04 bits per heavy atom. The Bertz CT molecular complexity index is 755. The number of aromatic hydroxyl groups is 1. The Morgan fingerprint density at radius 3 is 2.68 bits per heavy atom. The van der Waals surface area contributed by atoms with E-state index in [1.807, 2.05) is 24.0 Å². The number of hydrogen-bond donors (Lipinski definition) is 1. The monoisotopic (exact) mass is 361 g/mol. The molecule has 1 aromatic heterocycles. The van der Waals surface area contributed by atoms with Crippen LogP contribution in [-0.4, -0.2) is 38.3 Å². The predicted molar refractivity (Wildman–Crippen MR) is 98.1 cm³/mol. The molecule has 0 unspecified atom stereocenters. The van der Waals surface area contributed by atoms with Gasteiger partial charge in [-0.05, 0) is 56.7 Å². The van der Waals surface area contributed by atoms with E-state index in [4.69, 9.17) is 11.6 Å². The van der Waals surface area contributed by atoms with Crippen LogP contribution in [0.3, 0.4) is 0 Å². The number of benzene rings is 1. The van der Waals surface area contributed by atoms with E-state index >= 15 is 0 Å². The fourth-order valence-corrected chi connectivity index (χ4v) is 3.66. The van der Waals surface area contributed by atoms with Gasteiger partial charge in [0.15, 0.2) is 5.69 Å². The number of piperidine rings is 1. The summed E-state index contributed by atoms with van der Waals surface area (Å²) < 4.78 is 1.66. The van der Waals surface area contributed by atoms with Gasteiger partial charge in [-0.25, -0.2) is 0 Å². The van der Waals surface area contributed by atoms with Crippen LogP contribution in [0.25, 0.3) is 0 Å². The molecule has 1 aromatic carbocycles. The van der Waals surface area contributed by atoms with Crippen LogP contribution in [0.5, 0.6) is 5.75 Å². The maximum Gasteiger partial charge on any atom is 0.276 e. The van der Waals surface area contributed by atoms with Crippen LogP contribution in [0.15, 0.2) is 24.3 Å². The highest BCUT2D eigenvalue weighted by atomic mass is 35.5. The van der Waals surface area contributed by atoms with Gasteiger partial charge < -0.3 is 10.0 Å². The number of phenolic OH excluding ortho intramolecular Hbond substituents is 1. The number of phenols is 1. The number of halogens is 1. The molecule has 1 aliphatic rings. The molecule has 0 bridgehead atoms. The van der Waals surface area contributed by atoms with E-state index in [0.717, 1.165) is 44.3 Å². The zero-order valence-electron chi connectivity index (χ0n) is 14.7. The third kappa shape index (κ3) is 3.82. The standard InChI is InChI=1S/C19H24ClN3O2/c1-13-17(20)18(21-22(13)2)19(25)23-12-4-3-5-15(23)9-6-14-7-10-16(24)11-8-14/h7-8,10-11,15,24H,3-6,9,12H2,1-2H3/t15-/m1/s1. The summed E-state index contributed by atoms with van der Waals surface area (Å²) in [6, 6.07) is 7.48. The van der Waals surface area contributed by atoms with Gasteiger partial charge in [-0.1, -0.05) is 23.7 Å². The second-order valence-electron chi connectivity index (χ2n) is 6.72. The predicted octanol–water partition coefficient (Wildman–Crippen LogP) is 3.72. The van der Waals surface area contributed by atoms with Gasteiger partial charge in [0, 0.05) is 19.6 Å². The zero-order valence-corrected chi connectivity index (χ0v) is 15.5. The first-order chi connectivity index (χ1) is 12.0. The summed E-state index contributed by atoms with van der Waals surface area (Å²) in [5, 5.41) is 14.2. The lowest BCUT2D eigenvalue weighted by Gasteiger charge is -2.35. The van der Waals surface area contributed by atoms with Crippen LogP contribution >= 0.6 is 11.6 Å². The fourth-order valence-electron chi connectivity index (χ4n) is 3.42. The minimum absolute atomic E-state index is 0.0656. The number of carbonyl (C=O) groups is 1. The highest BCUT2D eigenvalue weighted by Gasteiger charge is 2.30. The maximum absolute atomic E-state index is 13.0. The average Bonchev–Trinajstić information content (AvgIpc) is 2.88. The number of rotatable bonds is 4. The van der Waals surface area contributed by atoms with Gasteiger partial charge in [0.2, 0.25) is 0 Å². The van der Waals surface area contributed by atoms with E-state index in [0.29, 0.717) is 10.7 Å². The van der Waals surface area contributed by atoms with E-state index in [2.05, 4.69) is 5.10 Å². The molecule has 25 heavy (non-hydrogen) atoms. The van der Waals surface area contributed by atoms with Gasteiger partial charge in [0.1, 0.15) is 5.75 Å². The number of carbonyl (C=O) groups excluding carboxylic acids is 1. The molecule has 0 aliphatic carbocycles. The quantitative estimate of drug-likeness (QED) is 0.903. The smallest absolute Gasteiger partial charge is 0.276 e. The molecule has 3 rings (SSSR count). The summed E-state index contributed by atoms with van der Waals surface area (Å²) >= 11 is 6.31. The Hall–Kier alpha value is -2.01.